The molecule has 2 aliphatic carbocycles. The van der Waals surface area contributed by atoms with E-state index >= 15 is 0 Å². The Morgan fingerprint density at radius 2 is 1.40 bits per heavy atom. The first kappa shape index (κ1) is 23.5. The molecule has 40 heavy (non-hydrogen) atoms. The first-order valence-electron chi connectivity index (χ1n) is 14.6. The van der Waals surface area contributed by atoms with Crippen molar-refractivity contribution >= 4 is 38.2 Å². The van der Waals surface area contributed by atoms with Gasteiger partial charge in [0.2, 0.25) is 0 Å². The van der Waals surface area contributed by atoms with Crippen molar-refractivity contribution < 1.29 is 0 Å². The lowest BCUT2D eigenvalue weighted by molar-refractivity contribution is 0.522. The molecule has 0 saturated carbocycles. The number of para-hydroxylation sites is 1. The minimum atomic E-state index is -0.247. The monoisotopic (exact) mass is 515 g/mol. The molecule has 1 heteroatoms. The highest BCUT2D eigenvalue weighted by Crippen LogP contribution is 2.50. The van der Waals surface area contributed by atoms with Crippen molar-refractivity contribution in [2.24, 2.45) is 5.92 Å². The molecule has 0 bridgehead atoms. The number of benzene rings is 5. The van der Waals surface area contributed by atoms with Gasteiger partial charge in [-0.3, -0.25) is 0 Å². The average molecular weight is 516 g/mol. The molecule has 6 aromatic rings. The van der Waals surface area contributed by atoms with Crippen molar-refractivity contribution in [1.82, 2.24) is 4.57 Å². The maximum absolute atomic E-state index is 2.64. The maximum atomic E-state index is 2.64. The van der Waals surface area contributed by atoms with Crippen molar-refractivity contribution in [1.29, 1.82) is 0 Å². The van der Waals surface area contributed by atoms with E-state index in [1.807, 2.05) is 0 Å². The Bertz CT molecular complexity index is 2030. The summed E-state index contributed by atoms with van der Waals surface area (Å²) >= 11 is 0. The Kier molecular flexibility index (Phi) is 5.04. The van der Waals surface area contributed by atoms with E-state index in [0.717, 1.165) is 12.8 Å². The molecule has 194 valence electrons. The van der Waals surface area contributed by atoms with E-state index in [4.69, 9.17) is 0 Å². The molecular weight excluding hydrogens is 482 g/mol. The zero-order valence-electron chi connectivity index (χ0n) is 23.4. The first-order chi connectivity index (χ1) is 19.6. The fourth-order valence-corrected chi connectivity index (χ4v) is 7.80. The van der Waals surface area contributed by atoms with Crippen LogP contribution in [0.25, 0.3) is 49.3 Å². The molecule has 0 amide bonds. The lowest BCUT2D eigenvalue weighted by Crippen LogP contribution is -2.29. The summed E-state index contributed by atoms with van der Waals surface area (Å²) in [7, 11) is 0. The van der Waals surface area contributed by atoms with E-state index in [1.165, 1.54) is 71.5 Å². The van der Waals surface area contributed by atoms with E-state index in [1.54, 1.807) is 0 Å². The first-order valence-corrected chi connectivity index (χ1v) is 14.6. The maximum Gasteiger partial charge on any atom is 0.0827 e. The fourth-order valence-electron chi connectivity index (χ4n) is 7.80. The molecule has 0 fully saturated rings. The van der Waals surface area contributed by atoms with Gasteiger partial charge in [-0.15, -0.1) is 0 Å². The average Bonchev–Trinajstić information content (AvgIpc) is 3.65. The highest BCUT2D eigenvalue weighted by Gasteiger charge is 2.37. The van der Waals surface area contributed by atoms with E-state index in [-0.39, 0.29) is 5.54 Å². The van der Waals surface area contributed by atoms with E-state index in [2.05, 4.69) is 141 Å². The van der Waals surface area contributed by atoms with E-state index in [9.17, 15) is 0 Å². The Morgan fingerprint density at radius 1 is 0.700 bits per heavy atom. The summed E-state index contributed by atoms with van der Waals surface area (Å²) in [6.07, 6.45) is 6.80. The predicted octanol–water partition coefficient (Wildman–Crippen LogP) is 10.3. The van der Waals surface area contributed by atoms with Gasteiger partial charge in [-0.05, 0) is 87.6 Å². The summed E-state index contributed by atoms with van der Waals surface area (Å²) in [6.45, 7) is 7.11. The van der Waals surface area contributed by atoms with Gasteiger partial charge in [0.1, 0.15) is 0 Å². The topological polar surface area (TPSA) is 4.93 Å². The van der Waals surface area contributed by atoms with Crippen LogP contribution in [-0.2, 0) is 12.0 Å². The van der Waals surface area contributed by atoms with Gasteiger partial charge >= 0.3 is 0 Å². The highest BCUT2D eigenvalue weighted by atomic mass is 15.1. The molecule has 0 spiro atoms. The summed E-state index contributed by atoms with van der Waals surface area (Å²) in [6, 6.07) is 38.3. The lowest BCUT2D eigenvalue weighted by atomic mass is 9.82. The van der Waals surface area contributed by atoms with Crippen LogP contribution in [0.1, 0.15) is 43.9 Å². The molecule has 1 atom stereocenters. The number of allylic oxidation sites excluding steroid dienone is 4. The largest absolute Gasteiger partial charge is 0.327 e. The molecule has 1 aromatic heterocycles. The normalized spacial score (nSPS) is 19.2. The van der Waals surface area contributed by atoms with Gasteiger partial charge < -0.3 is 4.57 Å². The molecule has 0 N–H and O–H groups in total. The van der Waals surface area contributed by atoms with Crippen LogP contribution in [0.3, 0.4) is 0 Å². The molecule has 2 aliphatic rings. The van der Waals surface area contributed by atoms with Gasteiger partial charge in [-0.2, -0.15) is 0 Å². The zero-order valence-corrected chi connectivity index (χ0v) is 23.4. The number of rotatable bonds is 3. The third-order valence-corrected chi connectivity index (χ3v) is 9.46. The Hall–Kier alpha value is -4.36. The lowest BCUT2D eigenvalue weighted by Gasteiger charge is -2.33. The smallest absolute Gasteiger partial charge is 0.0827 e. The molecule has 1 nitrogen and oxygen atoms in total. The van der Waals surface area contributed by atoms with Crippen LogP contribution in [-0.4, -0.2) is 4.57 Å². The van der Waals surface area contributed by atoms with Gasteiger partial charge in [0, 0.05) is 10.8 Å². The van der Waals surface area contributed by atoms with Crippen molar-refractivity contribution in [3.8, 4) is 11.1 Å². The van der Waals surface area contributed by atoms with Crippen molar-refractivity contribution in [3.63, 3.8) is 0 Å². The van der Waals surface area contributed by atoms with Crippen LogP contribution in [0, 0.1) is 5.92 Å². The third-order valence-electron chi connectivity index (χ3n) is 9.46. The Balaban J connectivity index is 1.42. The second-order valence-electron chi connectivity index (χ2n) is 12.0. The minimum absolute atomic E-state index is 0.247. The van der Waals surface area contributed by atoms with Gasteiger partial charge in [0.15, 0.2) is 0 Å². The van der Waals surface area contributed by atoms with Crippen LogP contribution in [0.2, 0.25) is 0 Å². The molecule has 0 aliphatic heterocycles. The van der Waals surface area contributed by atoms with E-state index < -0.39 is 0 Å². The second kappa shape index (κ2) is 8.57. The summed E-state index contributed by atoms with van der Waals surface area (Å²) < 4.78 is 2.64. The van der Waals surface area contributed by atoms with Crippen LogP contribution in [0.4, 0.5) is 0 Å². The zero-order chi connectivity index (χ0) is 27.0. The molecule has 5 aromatic carbocycles. The minimum Gasteiger partial charge on any atom is -0.327 e. The Morgan fingerprint density at radius 3 is 2.23 bits per heavy atom. The quantitative estimate of drug-likeness (QED) is 0.206. The van der Waals surface area contributed by atoms with E-state index in [0.29, 0.717) is 5.92 Å². The third kappa shape index (κ3) is 3.15. The number of hydrogen-bond donors (Lipinski definition) is 0. The fraction of sp³-hybridized carbons (Fsp3) is 0.179. The summed E-state index contributed by atoms with van der Waals surface area (Å²) in [5.74, 6) is 0.428. The van der Waals surface area contributed by atoms with Crippen molar-refractivity contribution in [2.45, 2.75) is 39.2 Å². The van der Waals surface area contributed by atoms with Gasteiger partial charge in [-0.25, -0.2) is 0 Å². The van der Waals surface area contributed by atoms with Gasteiger partial charge in [-0.1, -0.05) is 117 Å². The van der Waals surface area contributed by atoms with Crippen molar-refractivity contribution in [3.05, 3.63) is 138 Å². The number of aromatic nitrogens is 1. The standard InChI is InChI=1S/C39H33N/c1-25(2)37(27-13-5-4-6-14-27)34-17-11-23-39(34,3)40-35-18-10-9-16-31(35)38-33-24-32-28-15-8-7-12-26(28)19-20-29(32)30(33)21-22-36(38)40/h4-16,18-23,25H,17,24H2,1-3H3/b37-34+. The molecular formula is C39H33N. The van der Waals surface area contributed by atoms with Crippen LogP contribution >= 0.6 is 0 Å². The number of nitrogens with zero attached hydrogens (tertiary/aromatic N) is 1. The summed E-state index contributed by atoms with van der Waals surface area (Å²) in [4.78, 5) is 0. The highest BCUT2D eigenvalue weighted by molar-refractivity contribution is 6.14. The van der Waals surface area contributed by atoms with Crippen LogP contribution in [0.5, 0.6) is 0 Å². The van der Waals surface area contributed by atoms with Crippen LogP contribution in [0.15, 0.2) is 121 Å². The molecule has 1 unspecified atom stereocenters. The Labute approximate surface area is 236 Å². The van der Waals surface area contributed by atoms with Crippen molar-refractivity contribution in [2.75, 3.05) is 0 Å². The van der Waals surface area contributed by atoms with Crippen LogP contribution < -0.4 is 0 Å². The molecule has 8 rings (SSSR count). The number of hydrogen-bond acceptors (Lipinski definition) is 0. The molecule has 0 radical (unpaired) electrons. The second-order valence-corrected chi connectivity index (χ2v) is 12.0. The summed E-state index contributed by atoms with van der Waals surface area (Å²) in [5.41, 5.74) is 12.4. The number of fused-ring (bicyclic) bond motifs is 9. The summed E-state index contributed by atoms with van der Waals surface area (Å²) in [5, 5.41) is 5.49. The SMILES string of the molecule is CC(C)/C(=C1/CC=CC1(C)n1c2ccccc2c2c3c(ccc21)-c1ccc2ccccc2c1C3)c1ccccc1. The van der Waals surface area contributed by atoms with Gasteiger partial charge in [0.25, 0.3) is 0 Å². The molecule has 0 saturated heterocycles. The molecule has 1 heterocycles. The van der Waals surface area contributed by atoms with Gasteiger partial charge in [0.05, 0.1) is 16.6 Å². The predicted molar refractivity (Wildman–Crippen MR) is 171 cm³/mol.